The highest BCUT2D eigenvalue weighted by atomic mass is 35.5. The summed E-state index contributed by atoms with van der Waals surface area (Å²) in [4.78, 5) is 43.2. The Kier molecular flexibility index (Phi) is 8.61. The maximum atomic E-state index is 12.9. The molecule has 5 rings (SSSR count). The van der Waals surface area contributed by atoms with Crippen LogP contribution >= 0.6 is 24.8 Å². The minimum Gasteiger partial charge on any atom is -0.372 e. The zero-order valence-electron chi connectivity index (χ0n) is 18.8. The summed E-state index contributed by atoms with van der Waals surface area (Å²) in [6, 6.07) is 5.52. The topological polar surface area (TPSA) is 85.0 Å². The summed E-state index contributed by atoms with van der Waals surface area (Å²) in [7, 11) is 0. The average molecular weight is 498 g/mol. The highest BCUT2D eigenvalue weighted by molar-refractivity contribution is 6.05. The molecule has 182 valence electrons. The van der Waals surface area contributed by atoms with Crippen molar-refractivity contribution < 1.29 is 14.4 Å². The van der Waals surface area contributed by atoms with E-state index in [0.717, 1.165) is 56.4 Å². The van der Waals surface area contributed by atoms with Crippen molar-refractivity contribution in [3.8, 4) is 0 Å². The van der Waals surface area contributed by atoms with Crippen molar-refractivity contribution in [1.82, 2.24) is 20.4 Å². The number of nitrogens with one attached hydrogen (secondary N) is 2. The molecule has 0 spiro atoms. The molecule has 0 aromatic heterocycles. The Morgan fingerprint density at radius 1 is 0.939 bits per heavy atom. The first-order valence-electron chi connectivity index (χ1n) is 11.5. The minimum atomic E-state index is -0.554. The van der Waals surface area contributed by atoms with Crippen molar-refractivity contribution in [3.05, 3.63) is 29.3 Å². The molecule has 4 aliphatic heterocycles. The van der Waals surface area contributed by atoms with Crippen molar-refractivity contribution >= 4 is 48.2 Å². The number of halogens is 2. The molecule has 0 radical (unpaired) electrons. The van der Waals surface area contributed by atoms with Gasteiger partial charge in [0.15, 0.2) is 0 Å². The maximum Gasteiger partial charge on any atom is 0.255 e. The number of piperidine rings is 2. The fourth-order valence-electron chi connectivity index (χ4n) is 5.39. The molecule has 8 nitrogen and oxygen atoms in total. The molecule has 0 aliphatic carbocycles. The van der Waals surface area contributed by atoms with Gasteiger partial charge in [-0.3, -0.25) is 19.7 Å². The first-order valence-corrected chi connectivity index (χ1v) is 11.5. The van der Waals surface area contributed by atoms with Gasteiger partial charge >= 0.3 is 0 Å². The van der Waals surface area contributed by atoms with Gasteiger partial charge in [-0.1, -0.05) is 0 Å². The number of piperazine rings is 1. The van der Waals surface area contributed by atoms with Gasteiger partial charge in [0.05, 0.1) is 0 Å². The van der Waals surface area contributed by atoms with E-state index in [-0.39, 0.29) is 49.0 Å². The number of benzene rings is 1. The lowest BCUT2D eigenvalue weighted by Crippen LogP contribution is -2.52. The van der Waals surface area contributed by atoms with Crippen molar-refractivity contribution in [3.63, 3.8) is 0 Å². The van der Waals surface area contributed by atoms with Crippen LogP contribution in [-0.4, -0.2) is 79.4 Å². The summed E-state index contributed by atoms with van der Waals surface area (Å²) in [6.07, 6.45) is 3.08. The van der Waals surface area contributed by atoms with Gasteiger partial charge in [-0.2, -0.15) is 0 Å². The number of anilines is 1. The van der Waals surface area contributed by atoms with E-state index in [1.807, 2.05) is 12.1 Å². The van der Waals surface area contributed by atoms with E-state index in [4.69, 9.17) is 0 Å². The summed E-state index contributed by atoms with van der Waals surface area (Å²) < 4.78 is 0. The van der Waals surface area contributed by atoms with Crippen molar-refractivity contribution in [2.75, 3.05) is 50.7 Å². The van der Waals surface area contributed by atoms with Gasteiger partial charge in [-0.25, -0.2) is 0 Å². The lowest BCUT2D eigenvalue weighted by Gasteiger charge is -2.37. The van der Waals surface area contributed by atoms with Gasteiger partial charge in [0.25, 0.3) is 5.91 Å². The first kappa shape index (κ1) is 25.7. The van der Waals surface area contributed by atoms with Crippen LogP contribution in [0.15, 0.2) is 18.2 Å². The highest BCUT2D eigenvalue weighted by Gasteiger charge is 2.39. The number of imide groups is 1. The number of hydrogen-bond donors (Lipinski definition) is 2. The van der Waals surface area contributed by atoms with Crippen LogP contribution in [0.1, 0.15) is 41.6 Å². The van der Waals surface area contributed by atoms with E-state index < -0.39 is 6.04 Å². The Hall–Kier alpha value is -1.87. The molecule has 4 heterocycles. The predicted octanol–water partition coefficient (Wildman–Crippen LogP) is 1.41. The normalized spacial score (nSPS) is 24.1. The van der Waals surface area contributed by atoms with Crippen molar-refractivity contribution in [2.45, 2.75) is 38.3 Å². The highest BCUT2D eigenvalue weighted by Crippen LogP contribution is 2.32. The monoisotopic (exact) mass is 497 g/mol. The molecule has 0 saturated carbocycles. The van der Waals surface area contributed by atoms with Crippen LogP contribution in [0.25, 0.3) is 0 Å². The Bertz CT molecular complexity index is 885. The Morgan fingerprint density at radius 3 is 2.36 bits per heavy atom. The maximum absolute atomic E-state index is 12.9. The molecule has 1 aromatic carbocycles. The molecular formula is C23H33Cl2N5O3. The fourth-order valence-corrected chi connectivity index (χ4v) is 5.39. The fraction of sp³-hybridized carbons (Fsp3) is 0.609. The van der Waals surface area contributed by atoms with Crippen LogP contribution in [0, 0.1) is 5.92 Å². The minimum absolute atomic E-state index is 0. The zero-order chi connectivity index (χ0) is 21.4. The summed E-state index contributed by atoms with van der Waals surface area (Å²) in [5.74, 6) is 0.0383. The Morgan fingerprint density at radius 2 is 1.67 bits per heavy atom. The van der Waals surface area contributed by atoms with Crippen LogP contribution < -0.4 is 15.5 Å². The van der Waals surface area contributed by atoms with Crippen LogP contribution in [0.4, 0.5) is 5.69 Å². The number of rotatable bonds is 4. The standard InChI is InChI=1S/C23H31N5O3.2ClH/c29-21-4-3-20(22(30)25-21)28-15-17-13-18(1-2-19(17)23(28)31)27-9-5-16(6-10-27)14-26-11-7-24-8-12-26;;/h1-2,13,16,20,24H,3-12,14-15H2,(H,25,29,30);2*1H. The molecular weight excluding hydrogens is 465 g/mol. The lowest BCUT2D eigenvalue weighted by atomic mass is 9.95. The third-order valence-electron chi connectivity index (χ3n) is 7.21. The second-order valence-electron chi connectivity index (χ2n) is 9.22. The Labute approximate surface area is 207 Å². The van der Waals surface area contributed by atoms with Crippen LogP contribution in [-0.2, 0) is 16.1 Å². The molecule has 1 atom stereocenters. The summed E-state index contributed by atoms with van der Waals surface area (Å²) >= 11 is 0. The van der Waals surface area contributed by atoms with E-state index in [0.29, 0.717) is 18.5 Å². The molecule has 4 aliphatic rings. The second kappa shape index (κ2) is 11.0. The number of amides is 3. The molecule has 3 saturated heterocycles. The van der Waals surface area contributed by atoms with Crippen LogP contribution in [0.2, 0.25) is 0 Å². The van der Waals surface area contributed by atoms with Gasteiger partial charge in [0, 0.05) is 70.0 Å². The third kappa shape index (κ3) is 5.45. The van der Waals surface area contributed by atoms with Gasteiger partial charge < -0.3 is 20.0 Å². The number of carbonyl (C=O) groups excluding carboxylic acids is 3. The van der Waals surface area contributed by atoms with E-state index in [1.54, 1.807) is 4.90 Å². The first-order chi connectivity index (χ1) is 15.1. The lowest BCUT2D eigenvalue weighted by molar-refractivity contribution is -0.136. The van der Waals surface area contributed by atoms with Gasteiger partial charge in [0.1, 0.15) is 6.04 Å². The summed E-state index contributed by atoms with van der Waals surface area (Å²) in [5, 5.41) is 5.78. The SMILES string of the molecule is Cl.Cl.O=C1CCC(N2Cc3cc(N4CCC(CN5CCNCC5)CC4)ccc3C2=O)C(=O)N1. The molecule has 3 fully saturated rings. The van der Waals surface area contributed by atoms with E-state index >= 15 is 0 Å². The Balaban J connectivity index is 0.00000153. The van der Waals surface area contributed by atoms with Gasteiger partial charge in [-0.15, -0.1) is 24.8 Å². The molecule has 10 heteroatoms. The summed E-state index contributed by atoms with van der Waals surface area (Å²) in [5.41, 5.74) is 2.83. The number of carbonyl (C=O) groups is 3. The third-order valence-corrected chi connectivity index (χ3v) is 7.21. The zero-order valence-corrected chi connectivity index (χ0v) is 20.4. The van der Waals surface area contributed by atoms with Gasteiger partial charge in [0.2, 0.25) is 11.8 Å². The largest absolute Gasteiger partial charge is 0.372 e. The molecule has 3 amide bonds. The van der Waals surface area contributed by atoms with Crippen LogP contribution in [0.5, 0.6) is 0 Å². The predicted molar refractivity (Wildman–Crippen MR) is 131 cm³/mol. The average Bonchev–Trinajstić information content (AvgIpc) is 3.10. The smallest absolute Gasteiger partial charge is 0.255 e. The number of fused-ring (bicyclic) bond motifs is 1. The molecule has 1 unspecified atom stereocenters. The van der Waals surface area contributed by atoms with Crippen molar-refractivity contribution in [2.24, 2.45) is 5.92 Å². The van der Waals surface area contributed by atoms with Crippen molar-refractivity contribution in [1.29, 1.82) is 0 Å². The van der Waals surface area contributed by atoms with Crippen LogP contribution in [0.3, 0.4) is 0 Å². The van der Waals surface area contributed by atoms with E-state index in [1.165, 1.54) is 19.4 Å². The quantitative estimate of drug-likeness (QED) is 0.611. The molecule has 2 N–H and O–H groups in total. The molecule has 0 bridgehead atoms. The number of nitrogens with zero attached hydrogens (tertiary/aromatic N) is 3. The van der Waals surface area contributed by atoms with Gasteiger partial charge in [-0.05, 0) is 48.9 Å². The number of hydrogen-bond acceptors (Lipinski definition) is 6. The second-order valence-corrected chi connectivity index (χ2v) is 9.22. The summed E-state index contributed by atoms with van der Waals surface area (Å²) in [6.45, 7) is 8.24. The van der Waals surface area contributed by atoms with E-state index in [2.05, 4.69) is 26.5 Å². The molecule has 1 aromatic rings. The molecule has 33 heavy (non-hydrogen) atoms. The van der Waals surface area contributed by atoms with E-state index in [9.17, 15) is 14.4 Å².